The number of hydrogen-bond acceptors (Lipinski definition) is 4. The molecule has 0 spiro atoms. The molecule has 0 amide bonds. The SMILES string of the molecule is Cc1ccc(-c2csc3ncnc(NCc4ccc(F)cc4)c23)cc1. The highest BCUT2D eigenvalue weighted by Gasteiger charge is 2.13. The molecule has 2 aromatic carbocycles. The van der Waals surface area contributed by atoms with Gasteiger partial charge in [0.1, 0.15) is 22.8 Å². The van der Waals surface area contributed by atoms with Crippen LogP contribution in [0.15, 0.2) is 60.2 Å². The Morgan fingerprint density at radius 3 is 2.52 bits per heavy atom. The van der Waals surface area contributed by atoms with Crippen molar-refractivity contribution in [1.29, 1.82) is 0 Å². The Morgan fingerprint density at radius 2 is 1.76 bits per heavy atom. The van der Waals surface area contributed by atoms with E-state index in [-0.39, 0.29) is 5.82 Å². The van der Waals surface area contributed by atoms with E-state index in [1.165, 1.54) is 17.7 Å². The molecule has 2 aromatic heterocycles. The number of aromatic nitrogens is 2. The molecule has 0 aliphatic rings. The van der Waals surface area contributed by atoms with Crippen LogP contribution in [0.2, 0.25) is 0 Å². The predicted octanol–water partition coefficient (Wildman–Crippen LogP) is 5.42. The van der Waals surface area contributed by atoms with Gasteiger partial charge in [-0.3, -0.25) is 0 Å². The van der Waals surface area contributed by atoms with Crippen molar-refractivity contribution in [3.63, 3.8) is 0 Å². The Balaban J connectivity index is 1.70. The summed E-state index contributed by atoms with van der Waals surface area (Å²) < 4.78 is 13.0. The Labute approximate surface area is 149 Å². The maximum Gasteiger partial charge on any atom is 0.139 e. The summed E-state index contributed by atoms with van der Waals surface area (Å²) in [4.78, 5) is 9.77. The number of nitrogens with one attached hydrogen (secondary N) is 1. The normalized spacial score (nSPS) is 11.0. The summed E-state index contributed by atoms with van der Waals surface area (Å²) in [5.74, 6) is 0.568. The fourth-order valence-corrected chi connectivity index (χ4v) is 3.66. The first-order chi connectivity index (χ1) is 12.2. The number of rotatable bonds is 4. The second-order valence-electron chi connectivity index (χ2n) is 5.90. The lowest BCUT2D eigenvalue weighted by Gasteiger charge is -2.09. The average molecular weight is 349 g/mol. The summed E-state index contributed by atoms with van der Waals surface area (Å²) in [6.45, 7) is 2.66. The van der Waals surface area contributed by atoms with Gasteiger partial charge in [0.25, 0.3) is 0 Å². The highest BCUT2D eigenvalue weighted by Crippen LogP contribution is 2.36. The Bertz CT molecular complexity index is 1010. The Morgan fingerprint density at radius 1 is 1.00 bits per heavy atom. The van der Waals surface area contributed by atoms with E-state index in [1.807, 2.05) is 0 Å². The van der Waals surface area contributed by atoms with Crippen molar-refractivity contribution in [2.45, 2.75) is 13.5 Å². The first kappa shape index (κ1) is 15.7. The average Bonchev–Trinajstić information content (AvgIpc) is 3.07. The lowest BCUT2D eigenvalue weighted by molar-refractivity contribution is 0.627. The lowest BCUT2D eigenvalue weighted by atomic mass is 10.0. The van der Waals surface area contributed by atoms with Crippen molar-refractivity contribution in [1.82, 2.24) is 9.97 Å². The molecular formula is C20H16FN3S. The number of aryl methyl sites for hydroxylation is 1. The minimum absolute atomic E-state index is 0.229. The van der Waals surface area contributed by atoms with Crippen molar-refractivity contribution in [2.24, 2.45) is 0 Å². The molecule has 0 radical (unpaired) electrons. The summed E-state index contributed by atoms with van der Waals surface area (Å²) in [7, 11) is 0. The topological polar surface area (TPSA) is 37.8 Å². The van der Waals surface area contributed by atoms with Crippen LogP contribution in [0, 0.1) is 12.7 Å². The molecule has 0 saturated heterocycles. The molecule has 0 saturated carbocycles. The summed E-state index contributed by atoms with van der Waals surface area (Å²) in [6.07, 6.45) is 1.57. The highest BCUT2D eigenvalue weighted by atomic mass is 32.1. The molecule has 2 heterocycles. The third-order valence-electron chi connectivity index (χ3n) is 4.11. The summed E-state index contributed by atoms with van der Waals surface area (Å²) in [5.41, 5.74) is 4.51. The number of fused-ring (bicyclic) bond motifs is 1. The minimum atomic E-state index is -0.229. The van der Waals surface area contributed by atoms with Gasteiger partial charge >= 0.3 is 0 Å². The van der Waals surface area contributed by atoms with Crippen LogP contribution < -0.4 is 5.32 Å². The van der Waals surface area contributed by atoms with E-state index in [0.29, 0.717) is 6.54 Å². The predicted molar refractivity (Wildman–Crippen MR) is 101 cm³/mol. The van der Waals surface area contributed by atoms with Crippen LogP contribution in [0.3, 0.4) is 0 Å². The summed E-state index contributed by atoms with van der Waals surface area (Å²) >= 11 is 1.61. The maximum atomic E-state index is 13.0. The molecule has 4 aromatic rings. The zero-order chi connectivity index (χ0) is 17.2. The van der Waals surface area contributed by atoms with Gasteiger partial charge in [0.15, 0.2) is 0 Å². The number of nitrogens with zero attached hydrogens (tertiary/aromatic N) is 2. The van der Waals surface area contributed by atoms with Gasteiger partial charge in [-0.1, -0.05) is 42.0 Å². The fourth-order valence-electron chi connectivity index (χ4n) is 2.74. The number of hydrogen-bond donors (Lipinski definition) is 1. The molecule has 25 heavy (non-hydrogen) atoms. The number of anilines is 1. The molecule has 0 fully saturated rings. The number of benzene rings is 2. The van der Waals surface area contributed by atoms with Gasteiger partial charge in [-0.05, 0) is 30.2 Å². The molecule has 0 bridgehead atoms. The minimum Gasteiger partial charge on any atom is -0.365 e. The standard InChI is InChI=1S/C20H16FN3S/c1-13-2-6-15(7-3-13)17-11-25-20-18(17)19(23-12-24-20)22-10-14-4-8-16(21)9-5-14/h2-9,11-12H,10H2,1H3,(H,22,23,24). The van der Waals surface area contributed by atoms with Crippen LogP contribution >= 0.6 is 11.3 Å². The zero-order valence-electron chi connectivity index (χ0n) is 13.7. The second-order valence-corrected chi connectivity index (χ2v) is 6.76. The third-order valence-corrected chi connectivity index (χ3v) is 4.99. The van der Waals surface area contributed by atoms with Crippen LogP contribution in [-0.4, -0.2) is 9.97 Å². The first-order valence-corrected chi connectivity index (χ1v) is 8.86. The van der Waals surface area contributed by atoms with Gasteiger partial charge in [0.05, 0.1) is 5.39 Å². The highest BCUT2D eigenvalue weighted by molar-refractivity contribution is 7.17. The van der Waals surface area contributed by atoms with Crippen molar-refractivity contribution in [3.05, 3.63) is 77.2 Å². The van der Waals surface area contributed by atoms with Crippen LogP contribution in [0.4, 0.5) is 10.2 Å². The van der Waals surface area contributed by atoms with E-state index in [1.54, 1.807) is 29.8 Å². The van der Waals surface area contributed by atoms with Gasteiger partial charge < -0.3 is 5.32 Å². The smallest absolute Gasteiger partial charge is 0.139 e. The van der Waals surface area contributed by atoms with Crippen molar-refractivity contribution in [2.75, 3.05) is 5.32 Å². The van der Waals surface area contributed by atoms with Crippen molar-refractivity contribution in [3.8, 4) is 11.1 Å². The molecule has 0 aliphatic heterocycles. The molecule has 4 rings (SSSR count). The van der Waals surface area contributed by atoms with E-state index in [4.69, 9.17) is 0 Å². The molecule has 3 nitrogen and oxygen atoms in total. The summed E-state index contributed by atoms with van der Waals surface area (Å²) in [6, 6.07) is 14.9. The fraction of sp³-hybridized carbons (Fsp3) is 0.100. The van der Waals surface area contributed by atoms with Gasteiger partial charge in [0, 0.05) is 17.5 Å². The van der Waals surface area contributed by atoms with Gasteiger partial charge in [-0.25, -0.2) is 14.4 Å². The van der Waals surface area contributed by atoms with Crippen LogP contribution in [0.25, 0.3) is 21.3 Å². The first-order valence-electron chi connectivity index (χ1n) is 7.98. The Hall–Kier alpha value is -2.79. The third kappa shape index (κ3) is 3.23. The van der Waals surface area contributed by atoms with Gasteiger partial charge in [-0.2, -0.15) is 0 Å². The van der Waals surface area contributed by atoms with Crippen LogP contribution in [-0.2, 0) is 6.54 Å². The van der Waals surface area contributed by atoms with Crippen LogP contribution in [0.5, 0.6) is 0 Å². The van der Waals surface area contributed by atoms with Gasteiger partial charge in [0.2, 0.25) is 0 Å². The number of thiophene rings is 1. The van der Waals surface area contributed by atoms with Crippen molar-refractivity contribution >= 4 is 27.4 Å². The van der Waals surface area contributed by atoms with E-state index >= 15 is 0 Å². The molecule has 0 atom stereocenters. The monoisotopic (exact) mass is 349 g/mol. The Kier molecular flexibility index (Phi) is 4.15. The summed E-state index contributed by atoms with van der Waals surface area (Å²) in [5, 5.41) is 6.51. The lowest BCUT2D eigenvalue weighted by Crippen LogP contribution is -2.02. The molecule has 0 aliphatic carbocycles. The quantitative estimate of drug-likeness (QED) is 0.535. The van der Waals surface area contributed by atoms with Crippen LogP contribution in [0.1, 0.15) is 11.1 Å². The maximum absolute atomic E-state index is 13.0. The molecule has 1 N–H and O–H groups in total. The second kappa shape index (κ2) is 6.61. The van der Waals surface area contributed by atoms with Crippen molar-refractivity contribution < 1.29 is 4.39 Å². The van der Waals surface area contributed by atoms with E-state index in [2.05, 4.69) is 51.9 Å². The zero-order valence-corrected chi connectivity index (χ0v) is 14.5. The largest absolute Gasteiger partial charge is 0.365 e. The molecular weight excluding hydrogens is 333 g/mol. The number of halogens is 1. The van der Waals surface area contributed by atoms with E-state index in [9.17, 15) is 4.39 Å². The molecule has 0 unspecified atom stereocenters. The van der Waals surface area contributed by atoms with Gasteiger partial charge in [-0.15, -0.1) is 11.3 Å². The van der Waals surface area contributed by atoms with E-state index < -0.39 is 0 Å². The molecule has 5 heteroatoms. The molecule has 124 valence electrons. The van der Waals surface area contributed by atoms with E-state index in [0.717, 1.165) is 32.7 Å².